The number of morpholine rings is 1. The highest BCUT2D eigenvalue weighted by Gasteiger charge is 2.22. The monoisotopic (exact) mass is 199 g/mol. The van der Waals surface area contributed by atoms with Crippen molar-refractivity contribution in [3.8, 4) is 0 Å². The molecular formula is C10H21N3O. The molecule has 4 nitrogen and oxygen atoms in total. The standard InChI is InChI=1S/C10H21N3O/c1-8-5-12-6-9(13-8)4-10-7-11-2-3-14-10/h8-13H,2-7H2,1H3. The van der Waals surface area contributed by atoms with Gasteiger partial charge < -0.3 is 20.7 Å². The number of nitrogens with one attached hydrogen (secondary N) is 3. The van der Waals surface area contributed by atoms with Gasteiger partial charge in [-0.2, -0.15) is 0 Å². The van der Waals surface area contributed by atoms with Gasteiger partial charge in [0.15, 0.2) is 0 Å². The second-order valence-corrected chi connectivity index (χ2v) is 4.36. The van der Waals surface area contributed by atoms with Crippen LogP contribution in [0.25, 0.3) is 0 Å². The van der Waals surface area contributed by atoms with Crippen molar-refractivity contribution in [1.29, 1.82) is 0 Å². The molecule has 14 heavy (non-hydrogen) atoms. The Morgan fingerprint density at radius 3 is 2.86 bits per heavy atom. The topological polar surface area (TPSA) is 45.3 Å². The van der Waals surface area contributed by atoms with E-state index in [1.807, 2.05) is 0 Å². The SMILES string of the molecule is CC1CNCC(CC2CNCCO2)N1. The molecule has 2 aliphatic rings. The van der Waals surface area contributed by atoms with E-state index in [9.17, 15) is 0 Å². The van der Waals surface area contributed by atoms with Crippen LogP contribution in [-0.2, 0) is 4.74 Å². The third kappa shape index (κ3) is 2.92. The van der Waals surface area contributed by atoms with E-state index in [2.05, 4.69) is 22.9 Å². The van der Waals surface area contributed by atoms with E-state index in [4.69, 9.17) is 4.74 Å². The quantitative estimate of drug-likeness (QED) is 0.551. The van der Waals surface area contributed by atoms with Crippen molar-refractivity contribution >= 4 is 0 Å². The zero-order valence-corrected chi connectivity index (χ0v) is 8.88. The lowest BCUT2D eigenvalue weighted by molar-refractivity contribution is 0.0154. The molecule has 0 radical (unpaired) electrons. The summed E-state index contributed by atoms with van der Waals surface area (Å²) < 4.78 is 5.69. The molecule has 2 saturated heterocycles. The minimum absolute atomic E-state index is 0.397. The van der Waals surface area contributed by atoms with E-state index in [-0.39, 0.29) is 0 Å². The van der Waals surface area contributed by atoms with Gasteiger partial charge in [-0.3, -0.25) is 0 Å². The van der Waals surface area contributed by atoms with E-state index in [1.165, 1.54) is 0 Å². The Labute approximate surface area is 85.8 Å². The van der Waals surface area contributed by atoms with Crippen LogP contribution in [-0.4, -0.2) is 51.0 Å². The highest BCUT2D eigenvalue weighted by Crippen LogP contribution is 2.07. The molecule has 0 aromatic heterocycles. The fourth-order valence-electron chi connectivity index (χ4n) is 2.23. The Kier molecular flexibility index (Phi) is 3.75. The fraction of sp³-hybridized carbons (Fsp3) is 1.00. The molecule has 0 aliphatic carbocycles. The molecule has 3 N–H and O–H groups in total. The van der Waals surface area contributed by atoms with Crippen LogP contribution < -0.4 is 16.0 Å². The van der Waals surface area contributed by atoms with E-state index >= 15 is 0 Å². The molecule has 0 spiro atoms. The van der Waals surface area contributed by atoms with Crippen molar-refractivity contribution in [2.24, 2.45) is 0 Å². The Hall–Kier alpha value is -0.160. The van der Waals surface area contributed by atoms with Crippen LogP contribution in [0.3, 0.4) is 0 Å². The molecule has 3 unspecified atom stereocenters. The molecule has 0 aromatic rings. The van der Waals surface area contributed by atoms with E-state index < -0.39 is 0 Å². The van der Waals surface area contributed by atoms with Crippen LogP contribution in [0.2, 0.25) is 0 Å². The van der Waals surface area contributed by atoms with Gasteiger partial charge in [-0.05, 0) is 13.3 Å². The van der Waals surface area contributed by atoms with Crippen molar-refractivity contribution in [2.45, 2.75) is 31.5 Å². The molecule has 0 bridgehead atoms. The number of hydrogen-bond donors (Lipinski definition) is 3. The van der Waals surface area contributed by atoms with Gasteiger partial charge in [-0.25, -0.2) is 0 Å². The Bertz CT molecular complexity index is 171. The van der Waals surface area contributed by atoms with Crippen molar-refractivity contribution < 1.29 is 4.74 Å². The van der Waals surface area contributed by atoms with Crippen LogP contribution in [0.15, 0.2) is 0 Å². The first-order valence-corrected chi connectivity index (χ1v) is 5.63. The Balaban J connectivity index is 1.72. The predicted octanol–water partition coefficient (Wildman–Crippen LogP) is -0.685. The summed E-state index contributed by atoms with van der Waals surface area (Å²) in [7, 11) is 0. The summed E-state index contributed by atoms with van der Waals surface area (Å²) in [6, 6.07) is 1.16. The molecule has 4 heteroatoms. The smallest absolute Gasteiger partial charge is 0.0715 e. The zero-order chi connectivity index (χ0) is 9.80. The lowest BCUT2D eigenvalue weighted by Crippen LogP contribution is -2.55. The van der Waals surface area contributed by atoms with Gasteiger partial charge in [0, 0.05) is 38.3 Å². The van der Waals surface area contributed by atoms with Crippen molar-refractivity contribution in [2.75, 3.05) is 32.8 Å². The molecule has 2 heterocycles. The molecule has 2 aliphatic heterocycles. The first kappa shape index (κ1) is 10.4. The van der Waals surface area contributed by atoms with E-state index in [0.717, 1.165) is 39.2 Å². The molecular weight excluding hydrogens is 178 g/mol. The summed E-state index contributed by atoms with van der Waals surface area (Å²) in [6.45, 7) is 7.25. The van der Waals surface area contributed by atoms with Crippen LogP contribution >= 0.6 is 0 Å². The maximum atomic E-state index is 5.69. The average molecular weight is 199 g/mol. The molecule has 82 valence electrons. The largest absolute Gasteiger partial charge is 0.376 e. The minimum Gasteiger partial charge on any atom is -0.376 e. The van der Waals surface area contributed by atoms with Crippen molar-refractivity contribution in [1.82, 2.24) is 16.0 Å². The van der Waals surface area contributed by atoms with Crippen LogP contribution in [0.1, 0.15) is 13.3 Å². The van der Waals surface area contributed by atoms with Crippen LogP contribution in [0, 0.1) is 0 Å². The number of rotatable bonds is 2. The predicted molar refractivity (Wildman–Crippen MR) is 56.5 cm³/mol. The van der Waals surface area contributed by atoms with E-state index in [1.54, 1.807) is 0 Å². The Morgan fingerprint density at radius 1 is 1.21 bits per heavy atom. The van der Waals surface area contributed by atoms with Gasteiger partial charge in [-0.1, -0.05) is 0 Å². The van der Waals surface area contributed by atoms with Gasteiger partial charge in [0.05, 0.1) is 12.7 Å². The summed E-state index contributed by atoms with van der Waals surface area (Å²) in [5.74, 6) is 0. The van der Waals surface area contributed by atoms with E-state index in [0.29, 0.717) is 18.2 Å². The van der Waals surface area contributed by atoms with Gasteiger partial charge in [0.2, 0.25) is 0 Å². The zero-order valence-electron chi connectivity index (χ0n) is 8.88. The number of hydrogen-bond acceptors (Lipinski definition) is 4. The molecule has 3 atom stereocenters. The maximum Gasteiger partial charge on any atom is 0.0715 e. The summed E-state index contributed by atoms with van der Waals surface area (Å²) >= 11 is 0. The third-order valence-corrected chi connectivity index (χ3v) is 2.91. The number of ether oxygens (including phenoxy) is 1. The van der Waals surface area contributed by atoms with Crippen LogP contribution in [0.5, 0.6) is 0 Å². The summed E-state index contributed by atoms with van der Waals surface area (Å²) in [5, 5.41) is 10.4. The maximum absolute atomic E-state index is 5.69. The third-order valence-electron chi connectivity index (χ3n) is 2.91. The van der Waals surface area contributed by atoms with Gasteiger partial charge >= 0.3 is 0 Å². The lowest BCUT2D eigenvalue weighted by Gasteiger charge is -2.33. The van der Waals surface area contributed by atoms with Crippen molar-refractivity contribution in [3.63, 3.8) is 0 Å². The molecule has 0 saturated carbocycles. The Morgan fingerprint density at radius 2 is 2.14 bits per heavy atom. The van der Waals surface area contributed by atoms with Crippen molar-refractivity contribution in [3.05, 3.63) is 0 Å². The molecule has 0 amide bonds. The fourth-order valence-corrected chi connectivity index (χ4v) is 2.23. The lowest BCUT2D eigenvalue weighted by atomic mass is 10.0. The molecule has 2 rings (SSSR count). The second-order valence-electron chi connectivity index (χ2n) is 4.36. The highest BCUT2D eigenvalue weighted by atomic mass is 16.5. The molecule has 0 aromatic carbocycles. The first-order chi connectivity index (χ1) is 6.84. The first-order valence-electron chi connectivity index (χ1n) is 5.63. The summed E-state index contributed by atoms with van der Waals surface area (Å²) in [4.78, 5) is 0. The van der Waals surface area contributed by atoms with Gasteiger partial charge in [0.25, 0.3) is 0 Å². The van der Waals surface area contributed by atoms with Gasteiger partial charge in [-0.15, -0.1) is 0 Å². The van der Waals surface area contributed by atoms with Crippen LogP contribution in [0.4, 0.5) is 0 Å². The van der Waals surface area contributed by atoms with Gasteiger partial charge in [0.1, 0.15) is 0 Å². The normalized spacial score (nSPS) is 39.6. The second kappa shape index (κ2) is 5.07. The number of piperazine rings is 1. The molecule has 2 fully saturated rings. The summed E-state index contributed by atoms with van der Waals surface area (Å²) in [5.41, 5.74) is 0. The average Bonchev–Trinajstić information content (AvgIpc) is 2.19. The highest BCUT2D eigenvalue weighted by molar-refractivity contribution is 4.84. The minimum atomic E-state index is 0.397. The summed E-state index contributed by atoms with van der Waals surface area (Å²) in [6.07, 6.45) is 1.51.